The van der Waals surface area contributed by atoms with Crippen molar-refractivity contribution in [2.24, 2.45) is 0 Å². The molecule has 0 aliphatic heterocycles. The number of nitrogens with one attached hydrogen (secondary N) is 1. The normalized spacial score (nSPS) is 10.7. The number of aromatic nitrogens is 2. The highest BCUT2D eigenvalue weighted by Crippen LogP contribution is 2.25. The van der Waals surface area contributed by atoms with Crippen molar-refractivity contribution in [3.05, 3.63) is 63.4 Å². The Balaban J connectivity index is 1.49. The van der Waals surface area contributed by atoms with Crippen LogP contribution in [0.5, 0.6) is 0 Å². The summed E-state index contributed by atoms with van der Waals surface area (Å²) in [7, 11) is 1.55. The van der Waals surface area contributed by atoms with Gasteiger partial charge in [-0.15, -0.1) is 0 Å². The SMILES string of the molecule is CN(CC(=O)Nc1ccc(Cl)c(Cl)c1)C(=O)CCc1nc(-c2ccc(Cl)cc2)no1. The van der Waals surface area contributed by atoms with E-state index in [0.29, 0.717) is 32.5 Å². The zero-order chi connectivity index (χ0) is 21.7. The number of carbonyl (C=O) groups excluding carboxylic acids is 2. The first-order valence-electron chi connectivity index (χ1n) is 8.89. The molecule has 0 saturated carbocycles. The molecule has 0 aliphatic rings. The van der Waals surface area contributed by atoms with E-state index in [0.717, 1.165) is 5.56 Å². The van der Waals surface area contributed by atoms with Gasteiger partial charge in [-0.25, -0.2) is 0 Å². The van der Waals surface area contributed by atoms with Crippen LogP contribution in [0, 0.1) is 0 Å². The van der Waals surface area contributed by atoms with Gasteiger partial charge in [0, 0.05) is 36.2 Å². The Kier molecular flexibility index (Phi) is 7.31. The lowest BCUT2D eigenvalue weighted by atomic mass is 10.2. The number of likely N-dealkylation sites (N-methyl/N-ethyl adjacent to an activating group) is 1. The molecule has 0 fully saturated rings. The van der Waals surface area contributed by atoms with Crippen LogP contribution in [-0.4, -0.2) is 40.4 Å². The number of hydrogen-bond donors (Lipinski definition) is 1. The van der Waals surface area contributed by atoms with Crippen LogP contribution < -0.4 is 5.32 Å². The van der Waals surface area contributed by atoms with Crippen molar-refractivity contribution >= 4 is 52.3 Å². The molecule has 1 N–H and O–H groups in total. The molecule has 10 heteroatoms. The summed E-state index contributed by atoms with van der Waals surface area (Å²) in [5, 5.41) is 7.91. The molecule has 0 bridgehead atoms. The second-order valence-corrected chi connectivity index (χ2v) is 7.70. The Morgan fingerprint density at radius 2 is 1.80 bits per heavy atom. The van der Waals surface area contributed by atoms with Crippen LogP contribution in [0.25, 0.3) is 11.4 Å². The predicted octanol–water partition coefficient (Wildman–Crippen LogP) is 4.73. The highest BCUT2D eigenvalue weighted by atomic mass is 35.5. The molecule has 1 heterocycles. The Bertz CT molecular complexity index is 1050. The van der Waals surface area contributed by atoms with E-state index < -0.39 is 0 Å². The highest BCUT2D eigenvalue weighted by molar-refractivity contribution is 6.42. The Labute approximate surface area is 187 Å². The van der Waals surface area contributed by atoms with Gasteiger partial charge < -0.3 is 14.7 Å². The summed E-state index contributed by atoms with van der Waals surface area (Å²) in [4.78, 5) is 30.1. The maximum atomic E-state index is 12.3. The molecule has 30 heavy (non-hydrogen) atoms. The largest absolute Gasteiger partial charge is 0.339 e. The molecule has 2 amide bonds. The van der Waals surface area contributed by atoms with Gasteiger partial charge in [-0.1, -0.05) is 40.0 Å². The van der Waals surface area contributed by atoms with E-state index in [9.17, 15) is 9.59 Å². The number of halogens is 3. The fourth-order valence-electron chi connectivity index (χ4n) is 2.56. The predicted molar refractivity (Wildman–Crippen MR) is 116 cm³/mol. The van der Waals surface area contributed by atoms with Crippen molar-refractivity contribution in [1.29, 1.82) is 0 Å². The summed E-state index contributed by atoms with van der Waals surface area (Å²) in [5.41, 5.74) is 1.26. The summed E-state index contributed by atoms with van der Waals surface area (Å²) >= 11 is 17.6. The number of hydrogen-bond acceptors (Lipinski definition) is 5. The Morgan fingerprint density at radius 1 is 1.07 bits per heavy atom. The molecule has 0 saturated heterocycles. The van der Waals surface area contributed by atoms with Crippen molar-refractivity contribution in [3.63, 3.8) is 0 Å². The average Bonchev–Trinajstić information content (AvgIpc) is 3.18. The Morgan fingerprint density at radius 3 is 2.50 bits per heavy atom. The Hall–Kier alpha value is -2.61. The van der Waals surface area contributed by atoms with Crippen molar-refractivity contribution < 1.29 is 14.1 Å². The van der Waals surface area contributed by atoms with Gasteiger partial charge in [0.1, 0.15) is 0 Å². The van der Waals surface area contributed by atoms with Crippen molar-refractivity contribution in [3.8, 4) is 11.4 Å². The molecule has 156 valence electrons. The maximum Gasteiger partial charge on any atom is 0.243 e. The molecule has 0 spiro atoms. The van der Waals surface area contributed by atoms with Crippen LogP contribution in [0.4, 0.5) is 5.69 Å². The lowest BCUT2D eigenvalue weighted by molar-refractivity contribution is -0.133. The molecule has 7 nitrogen and oxygen atoms in total. The number of aryl methyl sites for hydroxylation is 1. The van der Waals surface area contributed by atoms with Gasteiger partial charge in [-0.3, -0.25) is 9.59 Å². The van der Waals surface area contributed by atoms with Gasteiger partial charge >= 0.3 is 0 Å². The zero-order valence-corrected chi connectivity index (χ0v) is 18.1. The number of rotatable bonds is 7. The number of amides is 2. The molecular formula is C20H17Cl3N4O3. The van der Waals surface area contributed by atoms with Crippen LogP contribution >= 0.6 is 34.8 Å². The van der Waals surface area contributed by atoms with Gasteiger partial charge in [-0.2, -0.15) is 4.98 Å². The first-order chi connectivity index (χ1) is 14.3. The lowest BCUT2D eigenvalue weighted by Gasteiger charge is -2.16. The quantitative estimate of drug-likeness (QED) is 0.543. The number of nitrogens with zero attached hydrogens (tertiary/aromatic N) is 3. The van der Waals surface area contributed by atoms with Crippen molar-refractivity contribution in [2.75, 3.05) is 18.9 Å². The smallest absolute Gasteiger partial charge is 0.243 e. The molecule has 3 aromatic rings. The van der Waals surface area contributed by atoms with E-state index in [-0.39, 0.29) is 31.2 Å². The molecule has 0 radical (unpaired) electrons. The van der Waals surface area contributed by atoms with Gasteiger partial charge in [-0.05, 0) is 42.5 Å². The minimum atomic E-state index is -0.355. The van der Waals surface area contributed by atoms with Gasteiger partial charge in [0.15, 0.2) is 0 Å². The highest BCUT2D eigenvalue weighted by Gasteiger charge is 2.16. The zero-order valence-electron chi connectivity index (χ0n) is 15.9. The van der Waals surface area contributed by atoms with Gasteiger partial charge in [0.25, 0.3) is 0 Å². The lowest BCUT2D eigenvalue weighted by Crippen LogP contribution is -2.35. The van der Waals surface area contributed by atoms with Crippen LogP contribution in [0.15, 0.2) is 47.0 Å². The fourth-order valence-corrected chi connectivity index (χ4v) is 2.98. The van der Waals surface area contributed by atoms with E-state index in [4.69, 9.17) is 39.3 Å². The second kappa shape index (κ2) is 9.93. The van der Waals surface area contributed by atoms with Crippen LogP contribution in [0.1, 0.15) is 12.3 Å². The third kappa shape index (κ3) is 5.95. The first kappa shape index (κ1) is 22.1. The minimum absolute atomic E-state index is 0.112. The average molecular weight is 468 g/mol. The summed E-state index contributed by atoms with van der Waals surface area (Å²) < 4.78 is 5.19. The standard InChI is InChI=1S/C20H17Cl3N4O3/c1-27(11-17(28)24-14-6-7-15(22)16(23)10-14)19(29)9-8-18-25-20(26-30-18)12-2-4-13(21)5-3-12/h2-7,10H,8-9,11H2,1H3,(H,24,28). The van der Waals surface area contributed by atoms with Gasteiger partial charge in [0.05, 0.1) is 16.6 Å². The molecule has 2 aromatic carbocycles. The fraction of sp³-hybridized carbons (Fsp3) is 0.200. The summed E-state index contributed by atoms with van der Waals surface area (Å²) in [6, 6.07) is 11.8. The molecule has 0 aliphatic carbocycles. The van der Waals surface area contributed by atoms with Crippen LogP contribution in [0.3, 0.4) is 0 Å². The van der Waals surface area contributed by atoms with Crippen molar-refractivity contribution in [2.45, 2.75) is 12.8 Å². The number of benzene rings is 2. The van der Waals surface area contributed by atoms with E-state index in [2.05, 4.69) is 15.5 Å². The van der Waals surface area contributed by atoms with E-state index in [1.165, 1.54) is 11.0 Å². The topological polar surface area (TPSA) is 88.3 Å². The summed E-state index contributed by atoms with van der Waals surface area (Å²) in [6.45, 7) is -0.112. The van der Waals surface area contributed by atoms with Crippen LogP contribution in [-0.2, 0) is 16.0 Å². The maximum absolute atomic E-state index is 12.3. The molecular weight excluding hydrogens is 451 g/mol. The number of anilines is 1. The monoisotopic (exact) mass is 466 g/mol. The molecule has 1 aromatic heterocycles. The minimum Gasteiger partial charge on any atom is -0.339 e. The molecule has 0 unspecified atom stereocenters. The molecule has 0 atom stereocenters. The van der Waals surface area contributed by atoms with Crippen molar-refractivity contribution in [1.82, 2.24) is 15.0 Å². The van der Waals surface area contributed by atoms with E-state index in [1.54, 1.807) is 43.4 Å². The summed E-state index contributed by atoms with van der Waals surface area (Å²) in [6.07, 6.45) is 0.386. The first-order valence-corrected chi connectivity index (χ1v) is 10.0. The van der Waals surface area contributed by atoms with Gasteiger partial charge in [0.2, 0.25) is 23.5 Å². The van der Waals surface area contributed by atoms with Crippen LogP contribution in [0.2, 0.25) is 15.1 Å². The second-order valence-electron chi connectivity index (χ2n) is 6.45. The molecule has 3 rings (SSSR count). The van der Waals surface area contributed by atoms with E-state index in [1.807, 2.05) is 0 Å². The third-order valence-electron chi connectivity index (χ3n) is 4.13. The summed E-state index contributed by atoms with van der Waals surface area (Å²) in [5.74, 6) is 0.169. The number of carbonyl (C=O) groups is 2. The third-order valence-corrected chi connectivity index (χ3v) is 5.12. The van der Waals surface area contributed by atoms with E-state index >= 15 is 0 Å².